The Morgan fingerprint density at radius 1 is 1.25 bits per heavy atom. The fraction of sp³-hybridized carbons (Fsp3) is 0.200. The van der Waals surface area contributed by atoms with E-state index in [0.717, 1.165) is 11.3 Å². The van der Waals surface area contributed by atoms with E-state index < -0.39 is 9.84 Å². The second kappa shape index (κ2) is 7.10. The number of anilines is 1. The lowest BCUT2D eigenvalue weighted by atomic mass is 10.2. The molecule has 0 saturated heterocycles. The molecule has 0 fully saturated rings. The maximum absolute atomic E-state index is 12.1. The second-order valence-electron chi connectivity index (χ2n) is 4.69. The molecule has 0 aliphatic carbocycles. The van der Waals surface area contributed by atoms with Crippen molar-refractivity contribution in [2.45, 2.75) is 17.7 Å². The minimum atomic E-state index is -3.39. The van der Waals surface area contributed by atoms with Gasteiger partial charge >= 0.3 is 0 Å². The summed E-state index contributed by atoms with van der Waals surface area (Å²) in [6.45, 7) is 1.78. The zero-order chi connectivity index (χ0) is 17.7. The molecule has 1 aromatic heterocycles. The first kappa shape index (κ1) is 17.4. The zero-order valence-electron chi connectivity index (χ0n) is 12.6. The summed E-state index contributed by atoms with van der Waals surface area (Å²) in [6.07, 6.45) is 0.506. The molecule has 0 aliphatic rings. The number of fused-ring (bicyclic) bond motifs is 1. The molecule has 1 N–H and O–H groups in total. The first-order valence-electron chi connectivity index (χ1n) is 6.80. The van der Waals surface area contributed by atoms with Gasteiger partial charge in [0.2, 0.25) is 14.2 Å². The van der Waals surface area contributed by atoms with Crippen molar-refractivity contribution >= 4 is 37.1 Å². The van der Waals surface area contributed by atoms with E-state index >= 15 is 0 Å². The summed E-state index contributed by atoms with van der Waals surface area (Å²) >= 11 is 1.04. The van der Waals surface area contributed by atoms with Crippen molar-refractivity contribution in [1.82, 2.24) is 4.98 Å². The number of hydrogen-bond acceptors (Lipinski definition) is 8. The minimum Gasteiger partial charge on any atom is -0.345 e. The summed E-state index contributed by atoms with van der Waals surface area (Å²) < 4.78 is 24.9. The van der Waals surface area contributed by atoms with E-state index in [0.29, 0.717) is 22.3 Å². The van der Waals surface area contributed by atoms with Crippen LogP contribution in [0.2, 0.25) is 0 Å². The Balaban J connectivity index is 2.44. The maximum Gasteiger partial charge on any atom is 0.210 e. The van der Waals surface area contributed by atoms with Gasteiger partial charge in [-0.3, -0.25) is 0 Å². The number of nitrogens with one attached hydrogen (secondary N) is 1. The van der Waals surface area contributed by atoms with Gasteiger partial charge in [-0.15, -0.1) is 11.3 Å². The lowest BCUT2D eigenvalue weighted by molar-refractivity contribution is 0.594. The van der Waals surface area contributed by atoms with Gasteiger partial charge in [0.1, 0.15) is 23.9 Å². The number of benzene rings is 1. The standard InChI is InChI=1S/C15H11N5O2S2/c1-2-5-24(21,22)15-20-12-4-3-11(6-14(12)23-15)19-13(9-18)10(7-16)8-17/h3-4,6,19H,2,5H2,1H3. The maximum atomic E-state index is 12.1. The highest BCUT2D eigenvalue weighted by molar-refractivity contribution is 7.93. The van der Waals surface area contributed by atoms with Crippen LogP contribution in [-0.2, 0) is 9.84 Å². The van der Waals surface area contributed by atoms with Gasteiger partial charge in [0.25, 0.3) is 0 Å². The fourth-order valence-electron chi connectivity index (χ4n) is 1.90. The van der Waals surface area contributed by atoms with E-state index in [-0.39, 0.29) is 21.4 Å². The molecule has 2 rings (SSSR count). The number of sulfone groups is 1. The molecule has 0 radical (unpaired) electrons. The summed E-state index contributed by atoms with van der Waals surface area (Å²) in [5, 5.41) is 29.4. The second-order valence-corrected chi connectivity index (χ2v) is 8.01. The summed E-state index contributed by atoms with van der Waals surface area (Å²) in [5.74, 6) is 0.0347. The van der Waals surface area contributed by atoms with Crippen LogP contribution in [0.4, 0.5) is 5.69 Å². The average molecular weight is 357 g/mol. The molecule has 1 heterocycles. The van der Waals surface area contributed by atoms with E-state index in [4.69, 9.17) is 15.8 Å². The fourth-order valence-corrected chi connectivity index (χ4v) is 4.61. The van der Waals surface area contributed by atoms with Crippen LogP contribution >= 0.6 is 11.3 Å². The van der Waals surface area contributed by atoms with Crippen LogP contribution < -0.4 is 5.32 Å². The Hall–Kier alpha value is -2.93. The highest BCUT2D eigenvalue weighted by Crippen LogP contribution is 2.29. The van der Waals surface area contributed by atoms with Crippen molar-refractivity contribution in [3.05, 3.63) is 29.5 Å². The normalized spacial score (nSPS) is 10.4. The molecule has 0 saturated carbocycles. The average Bonchev–Trinajstić information content (AvgIpc) is 2.99. The topological polar surface area (TPSA) is 130 Å². The highest BCUT2D eigenvalue weighted by Gasteiger charge is 2.18. The quantitative estimate of drug-likeness (QED) is 0.814. The Morgan fingerprint density at radius 2 is 1.96 bits per heavy atom. The molecule has 0 atom stereocenters. The van der Waals surface area contributed by atoms with Crippen LogP contribution in [0.25, 0.3) is 10.2 Å². The third-order valence-corrected chi connectivity index (χ3v) is 6.36. The monoisotopic (exact) mass is 357 g/mol. The van der Waals surface area contributed by atoms with Gasteiger partial charge < -0.3 is 5.32 Å². The number of thiazole rings is 1. The summed E-state index contributed by atoms with van der Waals surface area (Å²) in [6, 6.07) is 9.89. The smallest absolute Gasteiger partial charge is 0.210 e. The zero-order valence-corrected chi connectivity index (χ0v) is 14.2. The summed E-state index contributed by atoms with van der Waals surface area (Å²) in [5.41, 5.74) is 0.504. The molecule has 2 aromatic rings. The molecular formula is C15H11N5O2S2. The van der Waals surface area contributed by atoms with E-state index in [9.17, 15) is 8.42 Å². The van der Waals surface area contributed by atoms with Crippen LogP contribution in [0.3, 0.4) is 0 Å². The molecular weight excluding hydrogens is 346 g/mol. The Labute approximate surface area is 143 Å². The molecule has 0 aliphatic heterocycles. The molecule has 9 heteroatoms. The van der Waals surface area contributed by atoms with Crippen molar-refractivity contribution in [3.63, 3.8) is 0 Å². The number of rotatable bonds is 5. The molecule has 0 spiro atoms. The minimum absolute atomic E-state index is 0.0347. The Kier molecular flexibility index (Phi) is 5.15. The molecule has 24 heavy (non-hydrogen) atoms. The summed E-state index contributed by atoms with van der Waals surface area (Å²) in [4.78, 5) is 4.13. The van der Waals surface area contributed by atoms with Gasteiger partial charge in [-0.2, -0.15) is 15.8 Å². The third-order valence-electron chi connectivity index (χ3n) is 2.96. The Bertz CT molecular complexity index is 1030. The molecule has 0 bridgehead atoms. The molecule has 120 valence electrons. The van der Waals surface area contributed by atoms with Crippen LogP contribution in [0.1, 0.15) is 13.3 Å². The molecule has 0 unspecified atom stereocenters. The van der Waals surface area contributed by atoms with Gasteiger partial charge in [0.05, 0.1) is 16.0 Å². The number of hydrogen-bond donors (Lipinski definition) is 1. The largest absolute Gasteiger partial charge is 0.345 e. The molecule has 0 amide bonds. The summed E-state index contributed by atoms with van der Waals surface area (Å²) in [7, 11) is -3.39. The number of aromatic nitrogens is 1. The molecule has 1 aromatic carbocycles. The lowest BCUT2D eigenvalue weighted by Gasteiger charge is -2.03. The Morgan fingerprint density at radius 3 is 2.54 bits per heavy atom. The van der Waals surface area contributed by atoms with Gasteiger partial charge in [0.15, 0.2) is 5.57 Å². The van der Waals surface area contributed by atoms with Crippen molar-refractivity contribution < 1.29 is 8.42 Å². The first-order valence-corrected chi connectivity index (χ1v) is 9.27. The van der Waals surface area contributed by atoms with E-state index in [1.807, 2.05) is 0 Å². The van der Waals surface area contributed by atoms with Crippen molar-refractivity contribution in [2.75, 3.05) is 11.1 Å². The van der Waals surface area contributed by atoms with Crippen LogP contribution in [-0.4, -0.2) is 19.2 Å². The van der Waals surface area contributed by atoms with Gasteiger partial charge in [-0.1, -0.05) is 6.92 Å². The number of allylic oxidation sites excluding steroid dienone is 2. The predicted octanol–water partition coefficient (Wildman–Crippen LogP) is 2.72. The van der Waals surface area contributed by atoms with E-state index in [1.165, 1.54) is 0 Å². The van der Waals surface area contributed by atoms with Gasteiger partial charge in [-0.25, -0.2) is 13.4 Å². The van der Waals surface area contributed by atoms with Crippen LogP contribution in [0, 0.1) is 34.0 Å². The van der Waals surface area contributed by atoms with Gasteiger partial charge in [-0.05, 0) is 24.6 Å². The molecule has 7 nitrogen and oxygen atoms in total. The van der Waals surface area contributed by atoms with E-state index in [1.54, 1.807) is 43.3 Å². The SMILES string of the molecule is CCCS(=O)(=O)c1nc2ccc(NC(C#N)=C(C#N)C#N)cc2s1. The van der Waals surface area contributed by atoms with Crippen molar-refractivity contribution in [3.8, 4) is 18.2 Å². The first-order chi connectivity index (χ1) is 11.4. The number of nitrogens with zero attached hydrogens (tertiary/aromatic N) is 4. The van der Waals surface area contributed by atoms with Crippen molar-refractivity contribution in [2.24, 2.45) is 0 Å². The lowest BCUT2D eigenvalue weighted by Crippen LogP contribution is -2.04. The number of nitriles is 3. The van der Waals surface area contributed by atoms with Crippen molar-refractivity contribution in [1.29, 1.82) is 15.8 Å². The predicted molar refractivity (Wildman–Crippen MR) is 89.5 cm³/mol. The highest BCUT2D eigenvalue weighted by atomic mass is 32.2. The van der Waals surface area contributed by atoms with E-state index in [2.05, 4.69) is 10.3 Å². The van der Waals surface area contributed by atoms with Crippen LogP contribution in [0.5, 0.6) is 0 Å². The van der Waals surface area contributed by atoms with Gasteiger partial charge in [0, 0.05) is 5.69 Å². The van der Waals surface area contributed by atoms with Crippen LogP contribution in [0.15, 0.2) is 33.8 Å². The third kappa shape index (κ3) is 3.52.